The summed E-state index contributed by atoms with van der Waals surface area (Å²) in [4.78, 5) is 31.8. The Kier molecular flexibility index (Phi) is 6.60. The van der Waals surface area contributed by atoms with Gasteiger partial charge in [-0.05, 0) is 73.0 Å². The van der Waals surface area contributed by atoms with Crippen molar-refractivity contribution in [1.82, 2.24) is 9.88 Å². The predicted molar refractivity (Wildman–Crippen MR) is 137 cm³/mol. The summed E-state index contributed by atoms with van der Waals surface area (Å²) in [6.45, 7) is 4.37. The zero-order valence-electron chi connectivity index (χ0n) is 20.5. The molecule has 1 N–H and O–H groups in total. The molecular formula is C30H26N2O5. The van der Waals surface area contributed by atoms with Crippen LogP contribution in [-0.4, -0.2) is 26.7 Å². The summed E-state index contributed by atoms with van der Waals surface area (Å²) in [6, 6.07) is 21.0. The van der Waals surface area contributed by atoms with Gasteiger partial charge in [-0.2, -0.15) is 0 Å². The number of ketones is 1. The largest absolute Gasteiger partial charge is 0.507 e. The van der Waals surface area contributed by atoms with Gasteiger partial charge < -0.3 is 19.2 Å². The van der Waals surface area contributed by atoms with E-state index in [1.54, 1.807) is 61.8 Å². The molecule has 4 aromatic rings. The number of aromatic nitrogens is 1. The summed E-state index contributed by atoms with van der Waals surface area (Å²) in [5.41, 5.74) is 3.36. The van der Waals surface area contributed by atoms with Gasteiger partial charge in [0.15, 0.2) is 0 Å². The fourth-order valence-corrected chi connectivity index (χ4v) is 4.43. The number of ether oxygens (including phenoxy) is 1. The molecule has 1 aliphatic heterocycles. The Hall–Kier alpha value is -4.65. The van der Waals surface area contributed by atoms with Crippen LogP contribution >= 0.6 is 0 Å². The van der Waals surface area contributed by atoms with Crippen molar-refractivity contribution >= 4 is 17.4 Å². The van der Waals surface area contributed by atoms with E-state index in [-0.39, 0.29) is 17.9 Å². The van der Waals surface area contributed by atoms with Crippen LogP contribution in [0.25, 0.3) is 5.76 Å². The average molecular weight is 495 g/mol. The maximum Gasteiger partial charge on any atom is 0.296 e. The number of Topliss-reactive ketones (excluding diaryl/α,β-unsaturated/α-hetero) is 1. The number of pyridine rings is 1. The molecular weight excluding hydrogens is 468 g/mol. The van der Waals surface area contributed by atoms with Gasteiger partial charge in [-0.25, -0.2) is 0 Å². The van der Waals surface area contributed by atoms with E-state index in [9.17, 15) is 14.7 Å². The van der Waals surface area contributed by atoms with Crippen LogP contribution in [0.4, 0.5) is 0 Å². The molecule has 0 saturated carbocycles. The number of hydrogen-bond acceptors (Lipinski definition) is 6. The molecule has 186 valence electrons. The smallest absolute Gasteiger partial charge is 0.296 e. The maximum absolute atomic E-state index is 13.2. The Morgan fingerprint density at radius 3 is 2.46 bits per heavy atom. The second-order valence-electron chi connectivity index (χ2n) is 8.98. The van der Waals surface area contributed by atoms with Crippen molar-refractivity contribution in [2.45, 2.75) is 33.0 Å². The highest BCUT2D eigenvalue weighted by Crippen LogP contribution is 2.41. The lowest BCUT2D eigenvalue weighted by Crippen LogP contribution is -2.29. The molecule has 0 spiro atoms. The van der Waals surface area contributed by atoms with Gasteiger partial charge in [-0.1, -0.05) is 30.3 Å². The number of aliphatic hydroxyl groups is 1. The first-order valence-corrected chi connectivity index (χ1v) is 11.9. The van der Waals surface area contributed by atoms with Crippen molar-refractivity contribution in [3.8, 4) is 5.75 Å². The maximum atomic E-state index is 13.2. The van der Waals surface area contributed by atoms with Gasteiger partial charge in [0.2, 0.25) is 0 Å². The third-order valence-electron chi connectivity index (χ3n) is 6.43. The van der Waals surface area contributed by atoms with Gasteiger partial charge in [0.25, 0.3) is 11.7 Å². The first-order chi connectivity index (χ1) is 17.9. The summed E-state index contributed by atoms with van der Waals surface area (Å²) >= 11 is 0. The Bertz CT molecular complexity index is 1470. The van der Waals surface area contributed by atoms with Crippen LogP contribution in [0.2, 0.25) is 0 Å². The van der Waals surface area contributed by atoms with E-state index in [0.717, 1.165) is 16.7 Å². The number of rotatable bonds is 7. The lowest BCUT2D eigenvalue weighted by Gasteiger charge is -2.23. The molecule has 1 aliphatic rings. The molecule has 0 bridgehead atoms. The number of amides is 1. The minimum Gasteiger partial charge on any atom is -0.507 e. The minimum atomic E-state index is -0.870. The number of aliphatic hydroxyl groups excluding tert-OH is 1. The van der Waals surface area contributed by atoms with Crippen LogP contribution in [0, 0.1) is 13.8 Å². The molecule has 1 atom stereocenters. The number of carbonyl (C=O) groups excluding carboxylic acids is 2. The number of aryl methyl sites for hydroxylation is 2. The highest BCUT2D eigenvalue weighted by atomic mass is 16.5. The summed E-state index contributed by atoms with van der Waals surface area (Å²) in [6.07, 6.45) is 3.28. The normalized spacial score (nSPS) is 16.8. The number of furan rings is 1. The summed E-state index contributed by atoms with van der Waals surface area (Å²) in [5, 5.41) is 11.3. The molecule has 2 aromatic carbocycles. The third-order valence-corrected chi connectivity index (χ3v) is 6.43. The Balaban J connectivity index is 1.46. The van der Waals surface area contributed by atoms with Crippen molar-refractivity contribution in [2.75, 3.05) is 0 Å². The van der Waals surface area contributed by atoms with Gasteiger partial charge in [0.05, 0.1) is 5.57 Å². The lowest BCUT2D eigenvalue weighted by molar-refractivity contribution is -0.140. The number of likely N-dealkylation sites (tertiary alicyclic amines) is 1. The summed E-state index contributed by atoms with van der Waals surface area (Å²) in [5.74, 6) is -0.0769. The van der Waals surface area contributed by atoms with Crippen LogP contribution < -0.4 is 4.74 Å². The average Bonchev–Trinajstić information content (AvgIpc) is 3.45. The molecule has 2 aromatic heterocycles. The lowest BCUT2D eigenvalue weighted by atomic mass is 9.99. The van der Waals surface area contributed by atoms with Gasteiger partial charge in [-0.3, -0.25) is 14.6 Å². The van der Waals surface area contributed by atoms with Crippen molar-refractivity contribution < 1.29 is 23.8 Å². The predicted octanol–water partition coefficient (Wildman–Crippen LogP) is 5.49. The number of hydrogen-bond donors (Lipinski definition) is 1. The second kappa shape index (κ2) is 10.1. The van der Waals surface area contributed by atoms with Gasteiger partial charge in [0.1, 0.15) is 35.7 Å². The molecule has 0 radical (unpaired) electrons. The van der Waals surface area contributed by atoms with E-state index in [0.29, 0.717) is 29.4 Å². The fraction of sp³-hybridized carbons (Fsp3) is 0.167. The fourth-order valence-electron chi connectivity index (χ4n) is 4.43. The Morgan fingerprint density at radius 2 is 1.78 bits per heavy atom. The van der Waals surface area contributed by atoms with Gasteiger partial charge in [-0.15, -0.1) is 0 Å². The molecule has 37 heavy (non-hydrogen) atoms. The van der Waals surface area contributed by atoms with Crippen LogP contribution in [0.15, 0.2) is 95.2 Å². The molecule has 0 unspecified atom stereocenters. The molecule has 7 heteroatoms. The molecule has 1 saturated heterocycles. The van der Waals surface area contributed by atoms with E-state index < -0.39 is 17.7 Å². The van der Waals surface area contributed by atoms with Crippen LogP contribution in [0.1, 0.15) is 39.8 Å². The van der Waals surface area contributed by atoms with Crippen LogP contribution in [0.5, 0.6) is 5.75 Å². The first-order valence-electron chi connectivity index (χ1n) is 11.9. The van der Waals surface area contributed by atoms with Crippen molar-refractivity contribution in [2.24, 2.45) is 0 Å². The number of benzene rings is 2. The first kappa shape index (κ1) is 24.1. The number of carbonyl (C=O) groups is 2. The van der Waals surface area contributed by atoms with Gasteiger partial charge >= 0.3 is 0 Å². The second-order valence-corrected chi connectivity index (χ2v) is 8.98. The highest BCUT2D eigenvalue weighted by molar-refractivity contribution is 6.46. The van der Waals surface area contributed by atoms with Gasteiger partial charge in [0, 0.05) is 24.5 Å². The summed E-state index contributed by atoms with van der Waals surface area (Å²) in [7, 11) is 0. The standard InChI is InChI=1S/C30H26N2O5/c1-19-6-3-4-8-23(19)18-36-24-12-10-22(11-13-24)28(33)26-27(25-14-9-20(2)37-25)32(30(35)29(26)34)17-21-7-5-15-31-16-21/h3-16,27,33H,17-18H2,1-2H3/t27-/m0/s1. The molecule has 5 rings (SSSR count). The topological polar surface area (TPSA) is 92.9 Å². The SMILES string of the molecule is Cc1ccc([C@H]2C(=C(O)c3ccc(OCc4ccccc4C)cc3)C(=O)C(=O)N2Cc2cccnc2)o1. The quantitative estimate of drug-likeness (QED) is 0.207. The molecule has 0 aliphatic carbocycles. The van der Waals surface area contributed by atoms with Crippen molar-refractivity contribution in [3.05, 3.63) is 125 Å². The third kappa shape index (κ3) is 4.89. The van der Waals surface area contributed by atoms with Crippen LogP contribution in [-0.2, 0) is 22.7 Å². The zero-order valence-corrected chi connectivity index (χ0v) is 20.5. The van der Waals surface area contributed by atoms with Crippen LogP contribution in [0.3, 0.4) is 0 Å². The van der Waals surface area contributed by atoms with E-state index in [4.69, 9.17) is 9.15 Å². The molecule has 3 heterocycles. The molecule has 7 nitrogen and oxygen atoms in total. The Labute approximate surface area is 214 Å². The van der Waals surface area contributed by atoms with E-state index in [1.807, 2.05) is 37.3 Å². The highest BCUT2D eigenvalue weighted by Gasteiger charge is 2.47. The Morgan fingerprint density at radius 1 is 1.00 bits per heavy atom. The zero-order chi connectivity index (χ0) is 25.9. The molecule has 1 amide bonds. The summed E-state index contributed by atoms with van der Waals surface area (Å²) < 4.78 is 11.7. The van der Waals surface area contributed by atoms with E-state index in [2.05, 4.69) is 4.98 Å². The van der Waals surface area contributed by atoms with Crippen molar-refractivity contribution in [3.63, 3.8) is 0 Å². The minimum absolute atomic E-state index is 0.0168. The van der Waals surface area contributed by atoms with E-state index >= 15 is 0 Å². The van der Waals surface area contributed by atoms with E-state index in [1.165, 1.54) is 4.90 Å². The number of nitrogens with zero attached hydrogens (tertiary/aromatic N) is 2. The molecule has 1 fully saturated rings. The van der Waals surface area contributed by atoms with Crippen molar-refractivity contribution in [1.29, 1.82) is 0 Å². The monoisotopic (exact) mass is 494 g/mol.